The molecule has 0 unspecified atom stereocenters. The molecular weight excluding hydrogens is 442 g/mol. The summed E-state index contributed by atoms with van der Waals surface area (Å²) < 4.78 is 10.5. The Morgan fingerprint density at radius 3 is 2.11 bits per heavy atom. The smallest absolute Gasteiger partial charge is 0.343 e. The van der Waals surface area contributed by atoms with Gasteiger partial charge >= 0.3 is 5.97 Å². The maximum absolute atomic E-state index is 13.6. The van der Waals surface area contributed by atoms with E-state index in [9.17, 15) is 9.59 Å². The first-order valence-corrected chi connectivity index (χ1v) is 11.8. The van der Waals surface area contributed by atoms with Crippen LogP contribution in [0.3, 0.4) is 0 Å². The lowest BCUT2D eigenvalue weighted by Crippen LogP contribution is -2.49. The number of anilines is 2. The molecule has 3 aromatic carbocycles. The van der Waals surface area contributed by atoms with Crippen molar-refractivity contribution in [3.8, 4) is 5.75 Å². The van der Waals surface area contributed by atoms with Crippen LogP contribution in [0.4, 0.5) is 11.4 Å². The average Bonchev–Trinajstić information content (AvgIpc) is 2.93. The number of hydrogen-bond donors (Lipinski definition) is 0. The second-order valence-electron chi connectivity index (χ2n) is 8.33. The molecule has 0 saturated carbocycles. The van der Waals surface area contributed by atoms with Crippen molar-refractivity contribution in [2.75, 3.05) is 63.3 Å². The maximum Gasteiger partial charge on any atom is 0.343 e. The minimum absolute atomic E-state index is 0.174. The molecule has 35 heavy (non-hydrogen) atoms. The molecule has 182 valence electrons. The molecule has 0 radical (unpaired) electrons. The summed E-state index contributed by atoms with van der Waals surface area (Å²) in [6, 6.07) is 24.8. The minimum atomic E-state index is -0.542. The zero-order chi connectivity index (χ0) is 24.6. The van der Waals surface area contributed by atoms with Crippen molar-refractivity contribution >= 4 is 23.3 Å². The van der Waals surface area contributed by atoms with E-state index < -0.39 is 5.97 Å². The average molecular weight is 474 g/mol. The highest BCUT2D eigenvalue weighted by Crippen LogP contribution is 2.31. The molecule has 1 amide bonds. The van der Waals surface area contributed by atoms with Gasteiger partial charge in [0.05, 0.1) is 19.9 Å². The lowest BCUT2D eigenvalue weighted by atomic mass is 10.1. The van der Waals surface area contributed by atoms with E-state index in [0.717, 1.165) is 26.2 Å². The summed E-state index contributed by atoms with van der Waals surface area (Å²) >= 11 is 0. The summed E-state index contributed by atoms with van der Waals surface area (Å²) in [7, 11) is 2.83. The van der Waals surface area contributed by atoms with E-state index in [4.69, 9.17) is 9.47 Å². The number of carbonyl (C=O) groups is 2. The van der Waals surface area contributed by atoms with Crippen LogP contribution >= 0.6 is 0 Å². The predicted octanol–water partition coefficient (Wildman–Crippen LogP) is 3.95. The van der Waals surface area contributed by atoms with Gasteiger partial charge in [0.1, 0.15) is 11.3 Å². The first-order chi connectivity index (χ1) is 17.1. The molecule has 7 heteroatoms. The Labute approximate surface area is 206 Å². The highest BCUT2D eigenvalue weighted by atomic mass is 16.5. The van der Waals surface area contributed by atoms with Gasteiger partial charge in [-0.25, -0.2) is 4.79 Å². The Bertz CT molecular complexity index is 1130. The van der Waals surface area contributed by atoms with Gasteiger partial charge in [-0.1, -0.05) is 42.5 Å². The van der Waals surface area contributed by atoms with Crippen LogP contribution in [-0.2, 0) is 4.74 Å². The summed E-state index contributed by atoms with van der Waals surface area (Å²) in [5, 5.41) is 0. The largest absolute Gasteiger partial charge is 0.496 e. The van der Waals surface area contributed by atoms with Crippen LogP contribution in [-0.4, -0.2) is 70.3 Å². The molecule has 7 nitrogen and oxygen atoms in total. The quantitative estimate of drug-likeness (QED) is 0.462. The molecule has 1 aliphatic heterocycles. The van der Waals surface area contributed by atoms with Gasteiger partial charge in [0.15, 0.2) is 0 Å². The number of amides is 1. The van der Waals surface area contributed by atoms with E-state index in [-0.39, 0.29) is 11.5 Å². The summed E-state index contributed by atoms with van der Waals surface area (Å²) in [5.41, 5.74) is 2.51. The number of hydrogen-bond acceptors (Lipinski definition) is 6. The van der Waals surface area contributed by atoms with Gasteiger partial charge in [-0.15, -0.1) is 0 Å². The van der Waals surface area contributed by atoms with Crippen molar-refractivity contribution in [2.45, 2.75) is 0 Å². The second kappa shape index (κ2) is 11.5. The number of methoxy groups -OCH3 is 2. The molecule has 0 atom stereocenters. The van der Waals surface area contributed by atoms with E-state index in [1.807, 2.05) is 24.3 Å². The lowest BCUT2D eigenvalue weighted by molar-refractivity contribution is 0.0598. The molecule has 3 aromatic rings. The number of benzene rings is 3. The van der Waals surface area contributed by atoms with Crippen LogP contribution in [0.25, 0.3) is 0 Å². The Balaban J connectivity index is 1.55. The number of carbonyl (C=O) groups excluding carboxylic acids is 2. The van der Waals surface area contributed by atoms with Crippen molar-refractivity contribution in [1.82, 2.24) is 4.90 Å². The summed E-state index contributed by atoms with van der Waals surface area (Å²) in [4.78, 5) is 32.7. The third-order valence-corrected chi connectivity index (χ3v) is 6.30. The van der Waals surface area contributed by atoms with Crippen LogP contribution in [0.2, 0.25) is 0 Å². The molecule has 1 fully saturated rings. The first-order valence-electron chi connectivity index (χ1n) is 11.8. The van der Waals surface area contributed by atoms with E-state index in [0.29, 0.717) is 30.1 Å². The Hall–Kier alpha value is -3.84. The van der Waals surface area contributed by atoms with Crippen molar-refractivity contribution in [3.63, 3.8) is 0 Å². The zero-order valence-corrected chi connectivity index (χ0v) is 20.2. The second-order valence-corrected chi connectivity index (χ2v) is 8.33. The Morgan fingerprint density at radius 2 is 1.49 bits per heavy atom. The fraction of sp³-hybridized carbons (Fsp3) is 0.286. The highest BCUT2D eigenvalue weighted by Gasteiger charge is 2.27. The Morgan fingerprint density at radius 1 is 0.829 bits per heavy atom. The van der Waals surface area contributed by atoms with E-state index in [1.54, 1.807) is 35.2 Å². The van der Waals surface area contributed by atoms with Crippen LogP contribution in [0.1, 0.15) is 20.7 Å². The molecular formula is C28H31N3O4. The van der Waals surface area contributed by atoms with Crippen LogP contribution < -0.4 is 14.5 Å². The van der Waals surface area contributed by atoms with Crippen molar-refractivity contribution in [3.05, 3.63) is 90.0 Å². The predicted molar refractivity (Wildman–Crippen MR) is 138 cm³/mol. The molecule has 0 spiro atoms. The van der Waals surface area contributed by atoms with Gasteiger partial charge in [-0.2, -0.15) is 0 Å². The number of para-hydroxylation sites is 1. The molecule has 1 heterocycles. The molecule has 4 rings (SSSR count). The lowest BCUT2D eigenvalue weighted by Gasteiger charge is -2.37. The number of rotatable bonds is 8. The van der Waals surface area contributed by atoms with E-state index in [1.165, 1.54) is 19.9 Å². The molecule has 0 aromatic heterocycles. The first kappa shape index (κ1) is 24.3. The standard InChI is InChI=1S/C28H31N3O4/c1-34-25-15-9-14-24(26(25)28(33)35-2)31(27(32)22-10-5-3-6-11-22)21-18-29-16-19-30(20-17-29)23-12-7-4-8-13-23/h3-15H,16-21H2,1-2H3. The fourth-order valence-electron chi connectivity index (χ4n) is 4.40. The third kappa shape index (κ3) is 5.63. The van der Waals surface area contributed by atoms with E-state index in [2.05, 4.69) is 34.1 Å². The number of ether oxygens (including phenoxy) is 2. The summed E-state index contributed by atoms with van der Waals surface area (Å²) in [6.07, 6.45) is 0. The summed E-state index contributed by atoms with van der Waals surface area (Å²) in [6.45, 7) is 4.73. The fourth-order valence-corrected chi connectivity index (χ4v) is 4.40. The Kier molecular flexibility index (Phi) is 8.00. The van der Waals surface area contributed by atoms with Gasteiger partial charge in [0.25, 0.3) is 5.91 Å². The normalized spacial score (nSPS) is 13.8. The number of nitrogens with zero attached hydrogens (tertiary/aromatic N) is 3. The number of esters is 1. The van der Waals surface area contributed by atoms with Crippen LogP contribution in [0.15, 0.2) is 78.9 Å². The monoisotopic (exact) mass is 473 g/mol. The molecule has 1 aliphatic rings. The van der Waals surface area contributed by atoms with Crippen molar-refractivity contribution < 1.29 is 19.1 Å². The van der Waals surface area contributed by atoms with Gasteiger partial charge in [-0.05, 0) is 36.4 Å². The highest BCUT2D eigenvalue weighted by molar-refractivity contribution is 6.10. The van der Waals surface area contributed by atoms with Gasteiger partial charge < -0.3 is 19.3 Å². The minimum Gasteiger partial charge on any atom is -0.496 e. The topological polar surface area (TPSA) is 62.3 Å². The maximum atomic E-state index is 13.6. The molecule has 0 aliphatic carbocycles. The van der Waals surface area contributed by atoms with Crippen LogP contribution in [0, 0.1) is 0 Å². The number of piperazine rings is 1. The van der Waals surface area contributed by atoms with Gasteiger partial charge in [-0.3, -0.25) is 9.69 Å². The van der Waals surface area contributed by atoms with Crippen molar-refractivity contribution in [2.24, 2.45) is 0 Å². The summed E-state index contributed by atoms with van der Waals surface area (Å²) in [5.74, 6) is -0.344. The molecule has 1 saturated heterocycles. The third-order valence-electron chi connectivity index (χ3n) is 6.30. The molecule has 0 bridgehead atoms. The van der Waals surface area contributed by atoms with Crippen molar-refractivity contribution in [1.29, 1.82) is 0 Å². The van der Waals surface area contributed by atoms with Crippen LogP contribution in [0.5, 0.6) is 5.75 Å². The van der Waals surface area contributed by atoms with Gasteiger partial charge in [0.2, 0.25) is 0 Å². The van der Waals surface area contributed by atoms with Gasteiger partial charge in [0, 0.05) is 50.5 Å². The molecule has 0 N–H and O–H groups in total. The SMILES string of the molecule is COC(=O)c1c(OC)cccc1N(CCN1CCN(c2ccccc2)CC1)C(=O)c1ccccc1. The van der Waals surface area contributed by atoms with E-state index >= 15 is 0 Å². The zero-order valence-electron chi connectivity index (χ0n) is 20.2.